The van der Waals surface area contributed by atoms with Crippen LogP contribution in [0, 0.1) is 13.8 Å². The normalized spacial score (nSPS) is 12.1. The van der Waals surface area contributed by atoms with E-state index >= 15 is 0 Å². The Hall–Kier alpha value is -1.74. The summed E-state index contributed by atoms with van der Waals surface area (Å²) < 4.78 is 12.2. The van der Waals surface area contributed by atoms with Crippen LogP contribution in [-0.2, 0) is 10.8 Å². The van der Waals surface area contributed by atoms with E-state index < -0.39 is 10.8 Å². The Morgan fingerprint density at radius 3 is 2.35 bits per heavy atom. The molecule has 1 unspecified atom stereocenters. The van der Waals surface area contributed by atoms with Crippen LogP contribution in [0.4, 0.5) is 0 Å². The molecule has 0 fully saturated rings. The Bertz CT molecular complexity index is 633. The number of aryl methyl sites for hydroxylation is 2. The van der Waals surface area contributed by atoms with Crippen molar-refractivity contribution in [2.75, 3.05) is 5.75 Å². The summed E-state index contributed by atoms with van der Waals surface area (Å²) in [5.41, 5.74) is 3.00. The van der Waals surface area contributed by atoms with Gasteiger partial charge in [0, 0.05) is 22.6 Å². The molecule has 2 aromatic carbocycles. The molecule has 0 saturated heterocycles. The number of Topliss-reactive ketones (excluding diaryl/α,β-unsaturated/α-hetero) is 1. The molecule has 0 amide bonds. The Morgan fingerprint density at radius 1 is 1.00 bits per heavy atom. The molecule has 0 aliphatic carbocycles. The lowest BCUT2D eigenvalue weighted by Crippen LogP contribution is -2.06. The summed E-state index contributed by atoms with van der Waals surface area (Å²) in [6, 6.07) is 14.9. The van der Waals surface area contributed by atoms with Crippen LogP contribution in [0.3, 0.4) is 0 Å². The van der Waals surface area contributed by atoms with Crippen molar-refractivity contribution in [1.82, 2.24) is 0 Å². The van der Waals surface area contributed by atoms with Crippen LogP contribution in [0.1, 0.15) is 27.9 Å². The average Bonchev–Trinajstić information content (AvgIpc) is 2.48. The van der Waals surface area contributed by atoms with Crippen molar-refractivity contribution < 1.29 is 9.00 Å². The van der Waals surface area contributed by atoms with Crippen molar-refractivity contribution in [3.8, 4) is 0 Å². The van der Waals surface area contributed by atoms with E-state index in [2.05, 4.69) is 0 Å². The maximum atomic E-state index is 12.2. The fourth-order valence-electron chi connectivity index (χ4n) is 1.93. The summed E-state index contributed by atoms with van der Waals surface area (Å²) in [7, 11) is -1.12. The molecule has 20 heavy (non-hydrogen) atoms. The van der Waals surface area contributed by atoms with Crippen molar-refractivity contribution in [3.63, 3.8) is 0 Å². The monoisotopic (exact) mass is 286 g/mol. The molecular weight excluding hydrogens is 268 g/mol. The van der Waals surface area contributed by atoms with Crippen LogP contribution in [-0.4, -0.2) is 15.7 Å². The molecule has 0 bridgehead atoms. The van der Waals surface area contributed by atoms with Crippen LogP contribution >= 0.6 is 0 Å². The van der Waals surface area contributed by atoms with E-state index in [1.54, 1.807) is 12.1 Å². The van der Waals surface area contributed by atoms with E-state index in [4.69, 9.17) is 0 Å². The smallest absolute Gasteiger partial charge is 0.163 e. The van der Waals surface area contributed by atoms with Gasteiger partial charge in [-0.3, -0.25) is 9.00 Å². The van der Waals surface area contributed by atoms with Gasteiger partial charge in [0.2, 0.25) is 0 Å². The standard InChI is InChI=1S/C17H18O2S/c1-13-8-9-16(12-14(13)2)20(19)11-10-17(18)15-6-4-3-5-7-15/h3-9,12H,10-11H2,1-2H3. The van der Waals surface area contributed by atoms with Gasteiger partial charge in [0.25, 0.3) is 0 Å². The van der Waals surface area contributed by atoms with Crippen LogP contribution in [0.2, 0.25) is 0 Å². The van der Waals surface area contributed by atoms with Crippen molar-refractivity contribution in [1.29, 1.82) is 0 Å². The van der Waals surface area contributed by atoms with Gasteiger partial charge in [-0.25, -0.2) is 0 Å². The van der Waals surface area contributed by atoms with E-state index in [0.717, 1.165) is 10.5 Å². The van der Waals surface area contributed by atoms with Gasteiger partial charge in [-0.1, -0.05) is 36.4 Å². The van der Waals surface area contributed by atoms with Gasteiger partial charge in [-0.05, 0) is 37.1 Å². The second-order valence-electron chi connectivity index (χ2n) is 4.83. The molecule has 104 valence electrons. The SMILES string of the molecule is Cc1ccc(S(=O)CCC(=O)c2ccccc2)cc1C. The highest BCUT2D eigenvalue weighted by Crippen LogP contribution is 2.14. The van der Waals surface area contributed by atoms with Crippen molar-refractivity contribution in [3.05, 3.63) is 65.2 Å². The third-order valence-corrected chi connectivity index (χ3v) is 4.71. The highest BCUT2D eigenvalue weighted by molar-refractivity contribution is 7.85. The minimum absolute atomic E-state index is 0.0442. The average molecular weight is 286 g/mol. The number of benzene rings is 2. The molecule has 0 radical (unpaired) electrons. The summed E-state index contributed by atoms with van der Waals surface area (Å²) in [6.07, 6.45) is 0.309. The van der Waals surface area contributed by atoms with Gasteiger partial charge in [-0.2, -0.15) is 0 Å². The summed E-state index contributed by atoms with van der Waals surface area (Å²) in [6.45, 7) is 4.03. The van der Waals surface area contributed by atoms with E-state index in [9.17, 15) is 9.00 Å². The molecule has 2 nitrogen and oxygen atoms in total. The van der Waals surface area contributed by atoms with E-state index in [1.165, 1.54) is 5.56 Å². The number of hydrogen-bond donors (Lipinski definition) is 0. The first kappa shape index (κ1) is 14.7. The van der Waals surface area contributed by atoms with E-state index in [0.29, 0.717) is 17.7 Å². The van der Waals surface area contributed by atoms with Crippen molar-refractivity contribution in [2.45, 2.75) is 25.2 Å². The zero-order valence-corrected chi connectivity index (χ0v) is 12.6. The predicted molar refractivity (Wildman–Crippen MR) is 82.6 cm³/mol. The van der Waals surface area contributed by atoms with Gasteiger partial charge in [0.05, 0.1) is 10.8 Å². The highest BCUT2D eigenvalue weighted by Gasteiger charge is 2.10. The zero-order valence-electron chi connectivity index (χ0n) is 11.8. The molecule has 0 heterocycles. The minimum Gasteiger partial charge on any atom is -0.294 e. The zero-order chi connectivity index (χ0) is 14.5. The van der Waals surface area contributed by atoms with Crippen molar-refractivity contribution >= 4 is 16.6 Å². The first-order valence-corrected chi connectivity index (χ1v) is 7.93. The molecule has 0 aliphatic rings. The van der Waals surface area contributed by atoms with Gasteiger partial charge in [0.1, 0.15) is 0 Å². The summed E-state index contributed by atoms with van der Waals surface area (Å²) >= 11 is 0. The van der Waals surface area contributed by atoms with E-state index in [1.807, 2.05) is 50.2 Å². The third kappa shape index (κ3) is 3.64. The first-order valence-electron chi connectivity index (χ1n) is 6.62. The first-order chi connectivity index (χ1) is 9.58. The number of rotatable bonds is 5. The second-order valence-corrected chi connectivity index (χ2v) is 6.41. The fourth-order valence-corrected chi connectivity index (χ4v) is 3.06. The van der Waals surface area contributed by atoms with Crippen molar-refractivity contribution in [2.24, 2.45) is 0 Å². The predicted octanol–water partition coefficient (Wildman–Crippen LogP) is 3.68. The Kier molecular flexibility index (Phi) is 4.85. The van der Waals surface area contributed by atoms with Crippen LogP contribution in [0.5, 0.6) is 0 Å². The minimum atomic E-state index is -1.12. The van der Waals surface area contributed by atoms with Crippen LogP contribution < -0.4 is 0 Å². The summed E-state index contributed by atoms with van der Waals surface area (Å²) in [5, 5.41) is 0. The lowest BCUT2D eigenvalue weighted by Gasteiger charge is -2.05. The fraction of sp³-hybridized carbons (Fsp3) is 0.235. The second kappa shape index (κ2) is 6.62. The van der Waals surface area contributed by atoms with E-state index in [-0.39, 0.29) is 5.78 Å². The van der Waals surface area contributed by atoms with Crippen LogP contribution in [0.15, 0.2) is 53.4 Å². The van der Waals surface area contributed by atoms with Gasteiger partial charge in [-0.15, -0.1) is 0 Å². The molecule has 2 aromatic rings. The summed E-state index contributed by atoms with van der Waals surface area (Å²) in [5.74, 6) is 0.416. The molecule has 0 spiro atoms. The Balaban J connectivity index is 1.98. The van der Waals surface area contributed by atoms with Gasteiger partial charge >= 0.3 is 0 Å². The molecule has 2 rings (SSSR count). The molecule has 1 atom stereocenters. The maximum Gasteiger partial charge on any atom is 0.163 e. The Morgan fingerprint density at radius 2 is 1.70 bits per heavy atom. The molecule has 0 aliphatic heterocycles. The number of ketones is 1. The van der Waals surface area contributed by atoms with Gasteiger partial charge < -0.3 is 0 Å². The van der Waals surface area contributed by atoms with Gasteiger partial charge in [0.15, 0.2) is 5.78 Å². The third-order valence-electron chi connectivity index (χ3n) is 3.35. The molecule has 0 N–H and O–H groups in total. The molecular formula is C17H18O2S. The number of carbonyl (C=O) groups is 1. The molecule has 0 saturated carbocycles. The maximum absolute atomic E-state index is 12.2. The highest BCUT2D eigenvalue weighted by atomic mass is 32.2. The number of hydrogen-bond acceptors (Lipinski definition) is 2. The largest absolute Gasteiger partial charge is 0.294 e. The van der Waals surface area contributed by atoms with Crippen LogP contribution in [0.25, 0.3) is 0 Å². The topological polar surface area (TPSA) is 34.1 Å². The Labute approximate surface area is 122 Å². The quantitative estimate of drug-likeness (QED) is 0.786. The molecule has 0 aromatic heterocycles. The molecule has 3 heteroatoms. The lowest BCUT2D eigenvalue weighted by molar-refractivity contribution is 0.0989. The lowest BCUT2D eigenvalue weighted by atomic mass is 10.1. The summed E-state index contributed by atoms with van der Waals surface area (Å²) in [4.78, 5) is 12.8. The number of carbonyl (C=O) groups excluding carboxylic acids is 1.